The molecule has 4 aromatic heterocycles. The monoisotopic (exact) mass is 390 g/mol. The summed E-state index contributed by atoms with van der Waals surface area (Å²) in [7, 11) is 0. The molecule has 0 fully saturated rings. The summed E-state index contributed by atoms with van der Waals surface area (Å²) in [6, 6.07) is 13.4. The molecule has 0 aliphatic heterocycles. The van der Waals surface area contributed by atoms with Crippen molar-refractivity contribution in [2.24, 2.45) is 0 Å². The lowest BCUT2D eigenvalue weighted by molar-refractivity contribution is 0.574. The number of aromatic amines is 1. The molecule has 0 saturated heterocycles. The van der Waals surface area contributed by atoms with Gasteiger partial charge in [0.05, 0.1) is 29.0 Å². The van der Waals surface area contributed by atoms with Crippen molar-refractivity contribution in [3.8, 4) is 16.5 Å². The molecule has 0 aliphatic rings. The third-order valence-corrected chi connectivity index (χ3v) is 5.02. The molecule has 28 heavy (non-hydrogen) atoms. The molecular weight excluding hydrogens is 376 g/mol. The fraction of sp³-hybridized carbons (Fsp3) is 0.0526. The van der Waals surface area contributed by atoms with E-state index in [0.29, 0.717) is 35.1 Å². The van der Waals surface area contributed by atoms with Crippen LogP contribution in [-0.4, -0.2) is 24.7 Å². The molecule has 0 saturated carbocycles. The van der Waals surface area contributed by atoms with E-state index in [1.807, 2.05) is 47.8 Å². The first-order valence-corrected chi connectivity index (χ1v) is 9.41. The molecule has 0 radical (unpaired) electrons. The number of anilines is 1. The van der Waals surface area contributed by atoms with Gasteiger partial charge in [0.25, 0.3) is 5.56 Å². The quantitative estimate of drug-likeness (QED) is 0.477. The van der Waals surface area contributed by atoms with Gasteiger partial charge in [0.1, 0.15) is 11.6 Å². The Morgan fingerprint density at radius 2 is 2.04 bits per heavy atom. The maximum Gasteiger partial charge on any atom is 0.263 e. The van der Waals surface area contributed by atoms with Gasteiger partial charge in [-0.15, -0.1) is 11.3 Å². The van der Waals surface area contributed by atoms with Gasteiger partial charge in [0.2, 0.25) is 11.8 Å². The summed E-state index contributed by atoms with van der Waals surface area (Å²) in [5.41, 5.74) is 1.77. The van der Waals surface area contributed by atoms with E-state index in [4.69, 9.17) is 4.42 Å². The maximum absolute atomic E-state index is 12.4. The number of rotatable bonds is 5. The lowest BCUT2D eigenvalue weighted by Gasteiger charge is -2.05. The van der Waals surface area contributed by atoms with Gasteiger partial charge in [0, 0.05) is 0 Å². The third kappa shape index (κ3) is 2.97. The summed E-state index contributed by atoms with van der Waals surface area (Å²) in [5, 5.41) is 9.79. The number of fused-ring (bicyclic) bond motifs is 1. The molecule has 0 unspecified atom stereocenters. The summed E-state index contributed by atoms with van der Waals surface area (Å²) in [5.74, 6) is 0.918. The van der Waals surface area contributed by atoms with Gasteiger partial charge in [-0.1, -0.05) is 24.3 Å². The molecule has 5 rings (SSSR count). The number of hydrogen-bond donors (Lipinski definition) is 2. The van der Waals surface area contributed by atoms with Gasteiger partial charge in [-0.25, -0.2) is 9.67 Å². The second-order valence-electron chi connectivity index (χ2n) is 6.02. The average Bonchev–Trinajstić information content (AvgIpc) is 3.46. The van der Waals surface area contributed by atoms with Crippen LogP contribution in [0.25, 0.3) is 27.5 Å². The van der Waals surface area contributed by atoms with Crippen molar-refractivity contribution in [2.45, 2.75) is 6.54 Å². The first-order valence-electron chi connectivity index (χ1n) is 8.53. The summed E-state index contributed by atoms with van der Waals surface area (Å²) in [6.45, 7) is 0.364. The highest BCUT2D eigenvalue weighted by Gasteiger charge is 2.12. The molecule has 4 heterocycles. The van der Waals surface area contributed by atoms with E-state index in [9.17, 15) is 4.79 Å². The van der Waals surface area contributed by atoms with Gasteiger partial charge >= 0.3 is 0 Å². The number of aromatic nitrogens is 5. The topological polar surface area (TPSA) is 102 Å². The lowest BCUT2D eigenvalue weighted by atomic mass is 10.3. The van der Waals surface area contributed by atoms with Gasteiger partial charge in [-0.3, -0.25) is 9.78 Å². The largest absolute Gasteiger partial charge is 0.443 e. The third-order valence-electron chi connectivity index (χ3n) is 4.16. The Bertz CT molecular complexity index is 1290. The lowest BCUT2D eigenvalue weighted by Crippen LogP contribution is -2.13. The number of oxazole rings is 1. The molecule has 0 bridgehead atoms. The Morgan fingerprint density at radius 1 is 1.14 bits per heavy atom. The van der Waals surface area contributed by atoms with E-state index in [-0.39, 0.29) is 5.56 Å². The van der Waals surface area contributed by atoms with E-state index in [0.717, 1.165) is 10.6 Å². The van der Waals surface area contributed by atoms with Crippen LogP contribution < -0.4 is 10.9 Å². The Hall–Kier alpha value is -3.72. The molecule has 8 nitrogen and oxygen atoms in total. The fourth-order valence-corrected chi connectivity index (χ4v) is 3.49. The van der Waals surface area contributed by atoms with E-state index in [2.05, 4.69) is 25.4 Å². The number of hydrogen-bond acceptors (Lipinski definition) is 7. The SMILES string of the molecule is O=c1[nH]c(NCc2coc(-c3cccs3)n2)nc2c1cnn2-c1ccccc1. The van der Waals surface area contributed by atoms with E-state index in [1.165, 1.54) is 6.20 Å². The van der Waals surface area contributed by atoms with Crippen molar-refractivity contribution in [2.75, 3.05) is 5.32 Å². The minimum absolute atomic E-state index is 0.255. The Balaban J connectivity index is 1.43. The fourth-order valence-electron chi connectivity index (χ4n) is 2.84. The van der Waals surface area contributed by atoms with Crippen LogP contribution in [0.3, 0.4) is 0 Å². The molecule has 9 heteroatoms. The van der Waals surface area contributed by atoms with E-state index < -0.39 is 0 Å². The number of nitrogens with one attached hydrogen (secondary N) is 2. The highest BCUT2D eigenvalue weighted by atomic mass is 32.1. The van der Waals surface area contributed by atoms with Crippen molar-refractivity contribution in [3.05, 3.63) is 76.4 Å². The molecule has 0 spiro atoms. The van der Waals surface area contributed by atoms with Crippen LogP contribution in [0.1, 0.15) is 5.69 Å². The average molecular weight is 390 g/mol. The summed E-state index contributed by atoms with van der Waals surface area (Å²) in [4.78, 5) is 25.1. The van der Waals surface area contributed by atoms with E-state index in [1.54, 1.807) is 22.3 Å². The number of nitrogens with zero attached hydrogens (tertiary/aromatic N) is 4. The molecule has 0 atom stereocenters. The molecule has 138 valence electrons. The molecule has 5 aromatic rings. The number of benzene rings is 1. The van der Waals surface area contributed by atoms with Crippen LogP contribution in [0, 0.1) is 0 Å². The van der Waals surface area contributed by atoms with Gasteiger partial charge in [0.15, 0.2) is 5.65 Å². The zero-order chi connectivity index (χ0) is 18.9. The number of thiophene rings is 1. The van der Waals surface area contributed by atoms with Crippen LogP contribution in [0.4, 0.5) is 5.95 Å². The zero-order valence-corrected chi connectivity index (χ0v) is 15.3. The number of H-pyrrole nitrogens is 1. The molecule has 2 N–H and O–H groups in total. The van der Waals surface area contributed by atoms with Crippen LogP contribution in [0.5, 0.6) is 0 Å². The van der Waals surface area contributed by atoms with Crippen LogP contribution in [0.2, 0.25) is 0 Å². The van der Waals surface area contributed by atoms with Gasteiger partial charge in [-0.05, 0) is 23.6 Å². The van der Waals surface area contributed by atoms with Crippen molar-refractivity contribution < 1.29 is 4.42 Å². The van der Waals surface area contributed by atoms with Crippen LogP contribution in [-0.2, 0) is 6.54 Å². The van der Waals surface area contributed by atoms with Crippen LogP contribution in [0.15, 0.2) is 69.5 Å². The van der Waals surface area contributed by atoms with Crippen molar-refractivity contribution in [1.82, 2.24) is 24.7 Å². The van der Waals surface area contributed by atoms with E-state index >= 15 is 0 Å². The minimum atomic E-state index is -0.255. The minimum Gasteiger partial charge on any atom is -0.443 e. The van der Waals surface area contributed by atoms with Gasteiger partial charge in [-0.2, -0.15) is 10.1 Å². The highest BCUT2D eigenvalue weighted by molar-refractivity contribution is 7.13. The maximum atomic E-state index is 12.4. The summed E-state index contributed by atoms with van der Waals surface area (Å²) < 4.78 is 7.15. The predicted octanol–water partition coefficient (Wildman–Crippen LogP) is 3.44. The molecule has 1 aromatic carbocycles. The van der Waals surface area contributed by atoms with Crippen molar-refractivity contribution in [3.63, 3.8) is 0 Å². The summed E-state index contributed by atoms with van der Waals surface area (Å²) in [6.07, 6.45) is 3.11. The highest BCUT2D eigenvalue weighted by Crippen LogP contribution is 2.23. The standard InChI is InChI=1S/C19H14N6O2S/c26-17-14-10-21-25(13-5-2-1-3-6-13)16(14)23-19(24-17)20-9-12-11-27-18(22-12)15-7-4-8-28-15/h1-8,10-11H,9H2,(H2,20,23,24,26). The first-order chi connectivity index (χ1) is 13.8. The molecule has 0 aliphatic carbocycles. The second kappa shape index (κ2) is 6.78. The van der Waals surface area contributed by atoms with Crippen molar-refractivity contribution >= 4 is 28.3 Å². The van der Waals surface area contributed by atoms with Crippen LogP contribution >= 0.6 is 11.3 Å². The Kier molecular flexibility index (Phi) is 3.99. The first kappa shape index (κ1) is 16.5. The van der Waals surface area contributed by atoms with Crippen molar-refractivity contribution in [1.29, 1.82) is 0 Å². The second-order valence-corrected chi connectivity index (χ2v) is 6.97. The molecule has 0 amide bonds. The molecular formula is C19H14N6O2S. The summed E-state index contributed by atoms with van der Waals surface area (Å²) >= 11 is 1.56. The number of para-hydroxylation sites is 1. The predicted molar refractivity (Wildman–Crippen MR) is 107 cm³/mol. The Labute approximate surface area is 162 Å². The normalized spacial score (nSPS) is 11.1. The Morgan fingerprint density at radius 3 is 2.86 bits per heavy atom. The van der Waals surface area contributed by atoms with Gasteiger partial charge < -0.3 is 9.73 Å². The smallest absolute Gasteiger partial charge is 0.263 e. The zero-order valence-electron chi connectivity index (χ0n) is 14.5.